The normalized spacial score (nSPS) is 13.1. The maximum Gasteiger partial charge on any atom is 0.246 e. The van der Waals surface area contributed by atoms with Crippen LogP contribution in [0.15, 0.2) is 23.2 Å². The van der Waals surface area contributed by atoms with E-state index in [0.717, 1.165) is 0 Å². The summed E-state index contributed by atoms with van der Waals surface area (Å²) in [5, 5.41) is -0.00130. The number of halogens is 1. The zero-order valence-electron chi connectivity index (χ0n) is 9.73. The van der Waals surface area contributed by atoms with Gasteiger partial charge < -0.3 is 0 Å². The third-order valence-electron chi connectivity index (χ3n) is 2.31. The van der Waals surface area contributed by atoms with Crippen LogP contribution in [-0.2, 0) is 10.0 Å². The molecule has 1 aromatic rings. The van der Waals surface area contributed by atoms with E-state index in [1.807, 2.05) is 20.8 Å². The lowest BCUT2D eigenvalue weighted by Crippen LogP contribution is -2.42. The van der Waals surface area contributed by atoms with Crippen molar-refractivity contribution in [3.05, 3.63) is 23.5 Å². The Hall–Kier alpha value is -0.650. The van der Waals surface area contributed by atoms with E-state index in [-0.39, 0.29) is 10.0 Å². The molecule has 0 unspecified atom stereocenters. The summed E-state index contributed by atoms with van der Waals surface area (Å²) in [7, 11) is -2.06. The van der Waals surface area contributed by atoms with Gasteiger partial charge in [-0.05, 0) is 32.9 Å². The minimum Gasteiger partial charge on any atom is -0.243 e. The molecule has 1 rings (SSSR count). The van der Waals surface area contributed by atoms with Gasteiger partial charge in [0.25, 0.3) is 0 Å². The molecule has 0 fully saturated rings. The summed E-state index contributed by atoms with van der Waals surface area (Å²) >= 11 is 5.79. The molecule has 0 atom stereocenters. The van der Waals surface area contributed by atoms with Crippen molar-refractivity contribution in [2.75, 3.05) is 7.05 Å². The Kier molecular flexibility index (Phi) is 3.62. The summed E-state index contributed by atoms with van der Waals surface area (Å²) in [6.45, 7) is 5.44. The standard InChI is InChI=1S/C10H15ClN2O2S/c1-10(2,3)13(4)16(14,15)8-6-5-7-12-9(8)11/h5-7H,1-4H3. The van der Waals surface area contributed by atoms with E-state index in [1.165, 1.54) is 23.6 Å². The van der Waals surface area contributed by atoms with E-state index in [4.69, 9.17) is 11.6 Å². The summed E-state index contributed by atoms with van der Waals surface area (Å²) in [5.41, 5.74) is -0.502. The quantitative estimate of drug-likeness (QED) is 0.768. The van der Waals surface area contributed by atoms with Gasteiger partial charge in [0.1, 0.15) is 10.0 Å². The molecule has 0 aromatic carbocycles. The molecular weight excluding hydrogens is 248 g/mol. The minimum atomic E-state index is -3.59. The molecule has 0 aliphatic rings. The van der Waals surface area contributed by atoms with Gasteiger partial charge >= 0.3 is 0 Å². The van der Waals surface area contributed by atoms with Gasteiger partial charge in [-0.25, -0.2) is 13.4 Å². The highest BCUT2D eigenvalue weighted by Gasteiger charge is 2.31. The van der Waals surface area contributed by atoms with Gasteiger partial charge in [0.05, 0.1) is 0 Å². The van der Waals surface area contributed by atoms with Gasteiger partial charge in [-0.3, -0.25) is 0 Å². The molecule has 6 heteroatoms. The predicted octanol–water partition coefficient (Wildman–Crippen LogP) is 2.15. The highest BCUT2D eigenvalue weighted by Crippen LogP contribution is 2.25. The van der Waals surface area contributed by atoms with E-state index in [1.54, 1.807) is 6.07 Å². The van der Waals surface area contributed by atoms with Crippen LogP contribution in [0, 0.1) is 0 Å². The van der Waals surface area contributed by atoms with Gasteiger partial charge in [0.15, 0.2) is 0 Å². The Morgan fingerprint density at radius 3 is 2.38 bits per heavy atom. The zero-order chi connectivity index (χ0) is 12.6. The topological polar surface area (TPSA) is 50.3 Å². The van der Waals surface area contributed by atoms with E-state index < -0.39 is 15.6 Å². The second-order valence-electron chi connectivity index (χ2n) is 4.44. The van der Waals surface area contributed by atoms with E-state index in [2.05, 4.69) is 4.98 Å². The number of hydrogen-bond donors (Lipinski definition) is 0. The van der Waals surface area contributed by atoms with Crippen LogP contribution in [-0.4, -0.2) is 30.3 Å². The highest BCUT2D eigenvalue weighted by molar-refractivity contribution is 7.89. The first-order valence-corrected chi connectivity index (χ1v) is 6.59. The smallest absolute Gasteiger partial charge is 0.243 e. The van der Waals surface area contributed by atoms with E-state index in [0.29, 0.717) is 0 Å². The maximum atomic E-state index is 12.2. The molecule has 1 aromatic heterocycles. The lowest BCUT2D eigenvalue weighted by atomic mass is 10.1. The van der Waals surface area contributed by atoms with Crippen LogP contribution in [0.5, 0.6) is 0 Å². The number of aromatic nitrogens is 1. The number of pyridine rings is 1. The molecule has 0 aliphatic carbocycles. The van der Waals surface area contributed by atoms with Crippen molar-refractivity contribution in [3.8, 4) is 0 Å². The van der Waals surface area contributed by atoms with Crippen molar-refractivity contribution >= 4 is 21.6 Å². The Balaban J connectivity index is 3.29. The second-order valence-corrected chi connectivity index (χ2v) is 6.73. The van der Waals surface area contributed by atoms with Crippen molar-refractivity contribution in [1.29, 1.82) is 0 Å². The monoisotopic (exact) mass is 262 g/mol. The van der Waals surface area contributed by atoms with E-state index in [9.17, 15) is 8.42 Å². The summed E-state index contributed by atoms with van der Waals surface area (Å²) in [5.74, 6) is 0. The molecule has 1 heterocycles. The third kappa shape index (κ3) is 2.53. The molecule has 16 heavy (non-hydrogen) atoms. The van der Waals surface area contributed by atoms with E-state index >= 15 is 0 Å². The fourth-order valence-corrected chi connectivity index (χ4v) is 3.02. The first-order chi connectivity index (χ1) is 7.17. The van der Waals surface area contributed by atoms with Gasteiger partial charge in [0, 0.05) is 18.8 Å². The van der Waals surface area contributed by atoms with Crippen LogP contribution in [0.2, 0.25) is 5.15 Å². The lowest BCUT2D eigenvalue weighted by molar-refractivity contribution is 0.291. The maximum absolute atomic E-state index is 12.2. The Bertz CT molecular complexity index is 480. The highest BCUT2D eigenvalue weighted by atomic mass is 35.5. The summed E-state index contributed by atoms with van der Waals surface area (Å²) in [4.78, 5) is 3.81. The van der Waals surface area contributed by atoms with Crippen LogP contribution >= 0.6 is 11.6 Å². The molecule has 4 nitrogen and oxygen atoms in total. The van der Waals surface area contributed by atoms with Crippen molar-refractivity contribution in [3.63, 3.8) is 0 Å². The Morgan fingerprint density at radius 2 is 1.94 bits per heavy atom. The Morgan fingerprint density at radius 1 is 1.38 bits per heavy atom. The SMILES string of the molecule is CN(C(C)(C)C)S(=O)(=O)c1cccnc1Cl. The average molecular weight is 263 g/mol. The van der Waals surface area contributed by atoms with Crippen molar-refractivity contribution in [1.82, 2.24) is 9.29 Å². The van der Waals surface area contributed by atoms with Crippen LogP contribution < -0.4 is 0 Å². The molecule has 0 saturated carbocycles. The summed E-state index contributed by atoms with van der Waals surface area (Å²) in [6.07, 6.45) is 1.46. The number of hydrogen-bond acceptors (Lipinski definition) is 3. The van der Waals surface area contributed by atoms with Crippen LogP contribution in [0.3, 0.4) is 0 Å². The van der Waals surface area contributed by atoms with Crippen LogP contribution in [0.25, 0.3) is 0 Å². The predicted molar refractivity (Wildman–Crippen MR) is 63.9 cm³/mol. The van der Waals surface area contributed by atoms with Gasteiger partial charge in [-0.15, -0.1) is 0 Å². The average Bonchev–Trinajstić information content (AvgIpc) is 2.15. The number of rotatable bonds is 2. The van der Waals surface area contributed by atoms with Crippen LogP contribution in [0.1, 0.15) is 20.8 Å². The summed E-state index contributed by atoms with van der Waals surface area (Å²) < 4.78 is 25.7. The van der Waals surface area contributed by atoms with Crippen molar-refractivity contribution in [2.24, 2.45) is 0 Å². The molecule has 0 saturated heterocycles. The molecule has 0 bridgehead atoms. The minimum absolute atomic E-state index is 0.00130. The van der Waals surface area contributed by atoms with Gasteiger partial charge in [-0.2, -0.15) is 4.31 Å². The largest absolute Gasteiger partial charge is 0.246 e. The molecule has 90 valence electrons. The first-order valence-electron chi connectivity index (χ1n) is 4.77. The molecule has 0 N–H and O–H groups in total. The molecular formula is C10H15ClN2O2S. The third-order valence-corrected chi connectivity index (χ3v) is 4.88. The lowest BCUT2D eigenvalue weighted by Gasteiger charge is -2.30. The van der Waals surface area contributed by atoms with Gasteiger partial charge in [-0.1, -0.05) is 11.6 Å². The first kappa shape index (κ1) is 13.4. The Labute approximate surface area is 101 Å². The number of nitrogens with zero attached hydrogens (tertiary/aromatic N) is 2. The number of sulfonamides is 1. The fraction of sp³-hybridized carbons (Fsp3) is 0.500. The summed E-state index contributed by atoms with van der Waals surface area (Å²) in [6, 6.07) is 3.00. The van der Waals surface area contributed by atoms with Gasteiger partial charge in [0.2, 0.25) is 10.0 Å². The molecule has 0 radical (unpaired) electrons. The van der Waals surface area contributed by atoms with Crippen molar-refractivity contribution in [2.45, 2.75) is 31.2 Å². The van der Waals surface area contributed by atoms with Crippen molar-refractivity contribution < 1.29 is 8.42 Å². The second kappa shape index (κ2) is 4.31. The molecule has 0 amide bonds. The fourth-order valence-electron chi connectivity index (χ4n) is 1.07. The molecule has 0 spiro atoms. The molecule has 0 aliphatic heterocycles. The van der Waals surface area contributed by atoms with Crippen LogP contribution in [0.4, 0.5) is 0 Å². The zero-order valence-corrected chi connectivity index (χ0v) is 11.3.